The summed E-state index contributed by atoms with van der Waals surface area (Å²) < 4.78 is 86.0. The number of carboxylic acids is 1. The summed E-state index contributed by atoms with van der Waals surface area (Å²) in [5.74, 6) is -2.54. The first-order valence-corrected chi connectivity index (χ1v) is 39.9. The summed E-state index contributed by atoms with van der Waals surface area (Å²) in [5.41, 5.74) is 2.57. The summed E-state index contributed by atoms with van der Waals surface area (Å²) in [6.07, 6.45) is 4.76. The van der Waals surface area contributed by atoms with Crippen LogP contribution in [0.4, 0.5) is 0 Å². The number of halogens is 1. The van der Waals surface area contributed by atoms with Crippen molar-refractivity contribution in [2.45, 2.75) is 158 Å². The zero-order valence-electron chi connectivity index (χ0n) is 59.7. The Bertz CT molecular complexity index is 3400. The van der Waals surface area contributed by atoms with Crippen molar-refractivity contribution >= 4 is 80.0 Å². The molecule has 3 N–H and O–H groups in total. The zero-order chi connectivity index (χ0) is 73.6. The van der Waals surface area contributed by atoms with E-state index in [2.05, 4.69) is 54.4 Å². The van der Waals surface area contributed by atoms with E-state index in [1.165, 1.54) is 45.0 Å². The number of aliphatic hydroxyl groups is 2. The third kappa shape index (κ3) is 27.7. The summed E-state index contributed by atoms with van der Waals surface area (Å²) in [7, 11) is 7.77. The molecule has 2 unspecified atom stereocenters. The quantitative estimate of drug-likeness (QED) is 0.00647. The first kappa shape index (κ1) is 84.1. The van der Waals surface area contributed by atoms with Crippen LogP contribution in [0, 0.1) is 0 Å². The van der Waals surface area contributed by atoms with E-state index in [9.17, 15) is 34.5 Å². The average Bonchev–Trinajstić information content (AvgIpc) is 1.02. The Labute approximate surface area is 609 Å². The predicted octanol–water partition coefficient (Wildman–Crippen LogP) is 11.7. The predicted molar refractivity (Wildman–Crippen MR) is 391 cm³/mol. The van der Waals surface area contributed by atoms with Crippen LogP contribution in [0.5, 0.6) is 23.0 Å². The molecular weight excluding hydrogens is 1490 g/mol. The van der Waals surface area contributed by atoms with Gasteiger partial charge in [-0.05, 0) is 96.4 Å². The standard InChI is InChI=1S/C28H33IO7.C25H36O10.C22H30O5SeSi/c1-19(33-26(30)20-11-7-5-8-12-20)22(32-4)15-16-23(34-27(31)21-13-9-6-10-14-21)25-24(17-18-29)35-28(2,3)36-25;1-15(26)19(32-6)11-10-18(27)23-20(34-25(2,3)35-23)9-7-8-16-12-17(31-5)13-21(33-14-30-4)22(16)24(28)29;1-24-16-27-20-14-18(25-2)13-17(15-28-19-9-7-6-8-10-19)21(20)22(23)26-11-12-29(3,4)5/h5-16,19,22-25H,17-18H2,1-4H3;7-8,10-13,15,18-20,23,26-27H,9,14H2,1-6H3,(H,28,29);6-10,13-14H,11-12,15-16H2,1-5H3/b16-15-;8-7+,11-10-;/t19-,22+,23?,24-,25+;15-,18?,19+,20-,23+;/m00./s1. The van der Waals surface area contributed by atoms with E-state index in [1.54, 1.807) is 133 Å². The molecule has 2 aliphatic heterocycles. The summed E-state index contributed by atoms with van der Waals surface area (Å²) >= 11 is 2.46. The Balaban J connectivity index is 0.000000272. The maximum atomic E-state index is 13.0. The number of aliphatic hydroxyl groups excluding tert-OH is 2. The summed E-state index contributed by atoms with van der Waals surface area (Å²) in [6.45, 7) is 17.7. The molecule has 0 saturated carbocycles. The van der Waals surface area contributed by atoms with Gasteiger partial charge in [-0.1, -0.05) is 89.4 Å². The normalized spacial score (nSPS) is 18.9. The molecule has 22 nitrogen and oxygen atoms in total. The molecule has 5 aromatic carbocycles. The van der Waals surface area contributed by atoms with Crippen molar-refractivity contribution in [2.24, 2.45) is 0 Å². The van der Waals surface area contributed by atoms with Crippen LogP contribution >= 0.6 is 22.6 Å². The number of alkyl halides is 1. The average molecular weight is 1590 g/mol. The number of benzene rings is 5. The first-order valence-electron chi connectivity index (χ1n) is 32.6. The van der Waals surface area contributed by atoms with Crippen LogP contribution < -0.4 is 23.4 Å². The number of carboxylic acid groups (broad SMARTS) is 1. The van der Waals surface area contributed by atoms with E-state index in [0.29, 0.717) is 52.5 Å². The first-order chi connectivity index (χ1) is 47.6. The molecule has 7 rings (SSSR count). The minimum absolute atomic E-state index is 0.0359. The minimum Gasteiger partial charge on any atom is -0.456 e. The van der Waals surface area contributed by atoms with Gasteiger partial charge in [0.2, 0.25) is 0 Å². The Hall–Kier alpha value is -6.53. The molecule has 2 saturated heterocycles. The largest absolute Gasteiger partial charge is 0.456 e. The summed E-state index contributed by atoms with van der Waals surface area (Å²) in [5, 5.41) is 30.9. The molecule has 25 heteroatoms. The molecule has 548 valence electrons. The van der Waals surface area contributed by atoms with Crippen LogP contribution in [0.1, 0.15) is 107 Å². The van der Waals surface area contributed by atoms with Gasteiger partial charge in [-0.25, -0.2) is 14.4 Å². The Morgan fingerprint density at radius 3 is 1.67 bits per heavy atom. The smallest absolute Gasteiger partial charge is 0.338 e. The topological polar surface area (TPSA) is 267 Å². The van der Waals surface area contributed by atoms with Crippen molar-refractivity contribution in [1.29, 1.82) is 0 Å². The molecule has 0 aromatic heterocycles. The number of esters is 3. The van der Waals surface area contributed by atoms with E-state index in [-0.39, 0.29) is 51.9 Å². The number of aromatic carboxylic acids is 1. The van der Waals surface area contributed by atoms with Crippen molar-refractivity contribution in [3.63, 3.8) is 0 Å². The Morgan fingerprint density at radius 1 is 0.630 bits per heavy atom. The fraction of sp³-hybridized carbons (Fsp3) is 0.467. The number of rotatable bonds is 35. The Morgan fingerprint density at radius 2 is 1.15 bits per heavy atom. The van der Waals surface area contributed by atoms with Crippen LogP contribution in [0.25, 0.3) is 6.08 Å². The number of carbonyl (C=O) groups excluding carboxylic acids is 3. The van der Waals surface area contributed by atoms with Gasteiger partial charge >= 0.3 is 199 Å². The van der Waals surface area contributed by atoms with Crippen LogP contribution in [0.2, 0.25) is 25.7 Å². The van der Waals surface area contributed by atoms with Gasteiger partial charge in [0.1, 0.15) is 59.8 Å². The third-order valence-electron chi connectivity index (χ3n) is 15.2. The number of hydrogen-bond acceptors (Lipinski definition) is 21. The SMILES string of the molecule is COCOc1cc(OC)cc(/C=C/C[C@@H]2OC(C)(C)O[C@@H]2C(O)/C=C\[C@@H](OC)[C@H](C)O)c1C(=O)O.COCOc1cc(OC)cc(C[Se]c2ccccc2)c1C(=O)OCC[Si](C)(C)C.CO[C@H](/C=C\C(OC(=O)c1ccccc1)[C@H]1OC(C)(C)O[C@H]1CCI)[C@H](C)OC(=O)c1ccccc1. The molecular formula is C75H99IO22SeSi. The van der Waals surface area contributed by atoms with E-state index in [4.69, 9.17) is 71.1 Å². The van der Waals surface area contributed by atoms with Gasteiger partial charge in [0.15, 0.2) is 18.4 Å². The maximum Gasteiger partial charge on any atom is 0.338 e. The van der Waals surface area contributed by atoms with Gasteiger partial charge in [0.25, 0.3) is 0 Å². The van der Waals surface area contributed by atoms with Gasteiger partial charge in [0.05, 0.1) is 36.5 Å². The van der Waals surface area contributed by atoms with Crippen molar-refractivity contribution in [3.05, 3.63) is 179 Å². The second-order valence-corrected chi connectivity index (χ2v) is 34.1. The fourth-order valence-electron chi connectivity index (χ4n) is 10.3. The number of ether oxygens (including phenoxy) is 15. The molecule has 0 amide bonds. The van der Waals surface area contributed by atoms with Crippen molar-refractivity contribution in [1.82, 2.24) is 0 Å². The third-order valence-corrected chi connectivity index (χ3v) is 19.8. The second-order valence-electron chi connectivity index (χ2n) is 25.2. The van der Waals surface area contributed by atoms with Gasteiger partial charge in [-0.15, -0.1) is 0 Å². The second kappa shape index (κ2) is 42.2. The van der Waals surface area contributed by atoms with E-state index >= 15 is 0 Å². The van der Waals surface area contributed by atoms with Crippen molar-refractivity contribution in [2.75, 3.05) is 67.3 Å². The molecule has 5 aromatic rings. The zero-order valence-corrected chi connectivity index (χ0v) is 64.6. The molecule has 2 aliphatic rings. The molecule has 0 radical (unpaired) electrons. The van der Waals surface area contributed by atoms with E-state index in [1.807, 2.05) is 50.2 Å². The minimum atomic E-state index is -1.29. The van der Waals surface area contributed by atoms with E-state index < -0.39 is 92.5 Å². The maximum absolute atomic E-state index is 13.0. The van der Waals surface area contributed by atoms with Crippen LogP contribution in [-0.2, 0) is 57.4 Å². The van der Waals surface area contributed by atoms with Gasteiger partial charge in [0, 0.05) is 31.8 Å². The molecule has 0 bridgehead atoms. The molecule has 2 fully saturated rings. The summed E-state index contributed by atoms with van der Waals surface area (Å²) in [4.78, 5) is 50.4. The molecule has 2 heterocycles. The molecule has 100 heavy (non-hydrogen) atoms. The van der Waals surface area contributed by atoms with Crippen molar-refractivity contribution in [3.8, 4) is 23.0 Å². The van der Waals surface area contributed by atoms with Crippen LogP contribution in [0.3, 0.4) is 0 Å². The van der Waals surface area contributed by atoms with Gasteiger partial charge < -0.3 is 67.4 Å². The fourth-order valence-corrected chi connectivity index (χ4v) is 13.5. The molecule has 10 atom stereocenters. The monoisotopic (exact) mass is 1590 g/mol. The van der Waals surface area contributed by atoms with Gasteiger partial charge in [-0.2, -0.15) is 0 Å². The van der Waals surface area contributed by atoms with Crippen molar-refractivity contribution < 1.29 is 106 Å². The van der Waals surface area contributed by atoms with Crippen LogP contribution in [-0.4, -0.2) is 202 Å². The molecule has 0 spiro atoms. The molecule has 0 aliphatic carbocycles. The van der Waals surface area contributed by atoms with E-state index in [0.717, 1.165) is 27.8 Å². The number of carbonyl (C=O) groups is 4. The Kier molecular flexibility index (Phi) is 35.5. The number of methoxy groups -OCH3 is 6. The van der Waals surface area contributed by atoms with Gasteiger partial charge in [-0.3, -0.25) is 0 Å². The number of hydrogen-bond donors (Lipinski definition) is 3. The van der Waals surface area contributed by atoms with Crippen LogP contribution in [0.15, 0.2) is 146 Å². The summed E-state index contributed by atoms with van der Waals surface area (Å²) in [6, 6.07) is 35.4.